The largest absolute Gasteiger partial charge is 0.0622 e. The molecule has 0 nitrogen and oxygen atoms in total. The maximum absolute atomic E-state index is 2.52. The Labute approximate surface area is 152 Å². The molecule has 3 fully saturated rings. The molecule has 0 aromatic carbocycles. The fourth-order valence-electron chi connectivity index (χ4n) is 6.35. The lowest BCUT2D eigenvalue weighted by Crippen LogP contribution is -2.21. The SMILES string of the molecule is CC1CCCCC1CCC1CCC(CCC2CCCCC2C)CC1. The van der Waals surface area contributed by atoms with Gasteiger partial charge in [-0.05, 0) is 48.3 Å². The Morgan fingerprint density at radius 1 is 0.458 bits per heavy atom. The van der Waals surface area contributed by atoms with E-state index in [1.54, 1.807) is 51.4 Å². The summed E-state index contributed by atoms with van der Waals surface area (Å²) in [6, 6.07) is 0. The van der Waals surface area contributed by atoms with Crippen LogP contribution in [0, 0.1) is 35.5 Å². The van der Waals surface area contributed by atoms with Gasteiger partial charge in [-0.2, -0.15) is 0 Å². The average Bonchev–Trinajstić information content (AvgIpc) is 2.61. The molecule has 0 heteroatoms. The van der Waals surface area contributed by atoms with Gasteiger partial charge >= 0.3 is 0 Å². The molecule has 4 atom stereocenters. The highest BCUT2D eigenvalue weighted by molar-refractivity contribution is 4.79. The predicted molar refractivity (Wildman–Crippen MR) is 106 cm³/mol. The van der Waals surface area contributed by atoms with Crippen LogP contribution in [0.5, 0.6) is 0 Å². The lowest BCUT2D eigenvalue weighted by Gasteiger charge is -2.34. The summed E-state index contributed by atoms with van der Waals surface area (Å²) in [7, 11) is 0. The van der Waals surface area contributed by atoms with Gasteiger partial charge in [0.1, 0.15) is 0 Å². The van der Waals surface area contributed by atoms with Crippen LogP contribution in [0.25, 0.3) is 0 Å². The van der Waals surface area contributed by atoms with E-state index in [4.69, 9.17) is 0 Å². The summed E-state index contributed by atoms with van der Waals surface area (Å²) in [5.74, 6) is 6.36. The molecule has 0 aromatic heterocycles. The first-order chi connectivity index (χ1) is 11.7. The van der Waals surface area contributed by atoms with E-state index in [9.17, 15) is 0 Å². The monoisotopic (exact) mass is 332 g/mol. The van der Waals surface area contributed by atoms with E-state index < -0.39 is 0 Å². The van der Waals surface area contributed by atoms with Crippen molar-refractivity contribution in [2.75, 3.05) is 0 Å². The van der Waals surface area contributed by atoms with Gasteiger partial charge in [0, 0.05) is 0 Å². The Morgan fingerprint density at radius 3 is 1.21 bits per heavy atom. The summed E-state index contributed by atoms with van der Waals surface area (Å²) in [6.07, 6.45) is 24.6. The van der Waals surface area contributed by atoms with Crippen molar-refractivity contribution in [2.45, 2.75) is 117 Å². The van der Waals surface area contributed by atoms with Gasteiger partial charge in [-0.1, -0.05) is 104 Å². The van der Waals surface area contributed by atoms with E-state index in [0.29, 0.717) is 0 Å². The average molecular weight is 333 g/mol. The molecule has 24 heavy (non-hydrogen) atoms. The molecule has 140 valence electrons. The molecular weight excluding hydrogens is 288 g/mol. The van der Waals surface area contributed by atoms with Crippen LogP contribution in [0.4, 0.5) is 0 Å². The molecule has 4 unspecified atom stereocenters. The molecule has 0 spiro atoms. The first kappa shape index (κ1) is 18.8. The summed E-state index contributed by atoms with van der Waals surface area (Å²) in [6.45, 7) is 5.04. The maximum Gasteiger partial charge on any atom is -0.0388 e. The molecule has 0 aliphatic heterocycles. The molecule has 3 saturated carbocycles. The van der Waals surface area contributed by atoms with Crippen molar-refractivity contribution in [3.8, 4) is 0 Å². The highest BCUT2D eigenvalue weighted by atomic mass is 14.3. The summed E-state index contributed by atoms with van der Waals surface area (Å²) in [5, 5.41) is 0. The van der Waals surface area contributed by atoms with Crippen LogP contribution in [-0.2, 0) is 0 Å². The van der Waals surface area contributed by atoms with Crippen LogP contribution in [0.2, 0.25) is 0 Å². The smallest absolute Gasteiger partial charge is 0.0388 e. The van der Waals surface area contributed by atoms with Crippen LogP contribution in [0.15, 0.2) is 0 Å². The van der Waals surface area contributed by atoms with Crippen molar-refractivity contribution in [1.82, 2.24) is 0 Å². The standard InChI is InChI=1S/C24H44/c1-19-7-3-5-9-23(19)17-15-21-11-13-22(14-12-21)16-18-24-10-6-4-8-20(24)2/h19-24H,3-18H2,1-2H3. The normalized spacial score (nSPS) is 41.2. The Morgan fingerprint density at radius 2 is 0.833 bits per heavy atom. The second-order valence-electron chi connectivity index (χ2n) is 10.1. The van der Waals surface area contributed by atoms with Crippen LogP contribution in [0.1, 0.15) is 117 Å². The highest BCUT2D eigenvalue weighted by Crippen LogP contribution is 2.40. The van der Waals surface area contributed by atoms with E-state index >= 15 is 0 Å². The molecule has 3 rings (SSSR count). The van der Waals surface area contributed by atoms with Crippen molar-refractivity contribution in [3.05, 3.63) is 0 Å². The number of rotatable bonds is 6. The molecule has 3 aliphatic carbocycles. The molecule has 3 aliphatic rings. The van der Waals surface area contributed by atoms with Crippen LogP contribution >= 0.6 is 0 Å². The Hall–Kier alpha value is 0. The summed E-state index contributed by atoms with van der Waals surface area (Å²) in [4.78, 5) is 0. The molecule has 0 radical (unpaired) electrons. The van der Waals surface area contributed by atoms with Crippen LogP contribution in [0.3, 0.4) is 0 Å². The van der Waals surface area contributed by atoms with E-state index in [2.05, 4.69) is 13.8 Å². The van der Waals surface area contributed by atoms with Crippen molar-refractivity contribution in [2.24, 2.45) is 35.5 Å². The van der Waals surface area contributed by atoms with E-state index in [1.807, 2.05) is 0 Å². The zero-order valence-electron chi connectivity index (χ0n) is 16.8. The predicted octanol–water partition coefficient (Wildman–Crippen LogP) is 8.01. The fraction of sp³-hybridized carbons (Fsp3) is 1.00. The van der Waals surface area contributed by atoms with Gasteiger partial charge in [-0.25, -0.2) is 0 Å². The second-order valence-corrected chi connectivity index (χ2v) is 10.1. The van der Waals surface area contributed by atoms with Gasteiger partial charge in [0.05, 0.1) is 0 Å². The third-order valence-electron chi connectivity index (χ3n) is 8.44. The van der Waals surface area contributed by atoms with Crippen molar-refractivity contribution >= 4 is 0 Å². The molecule has 0 bridgehead atoms. The molecule has 0 heterocycles. The van der Waals surface area contributed by atoms with Crippen molar-refractivity contribution in [3.63, 3.8) is 0 Å². The Bertz CT molecular complexity index is 304. The summed E-state index contributed by atoms with van der Waals surface area (Å²) in [5.41, 5.74) is 0. The van der Waals surface area contributed by atoms with E-state index in [1.165, 1.54) is 51.4 Å². The number of hydrogen-bond donors (Lipinski definition) is 0. The van der Waals surface area contributed by atoms with Gasteiger partial charge in [0.15, 0.2) is 0 Å². The molecule has 0 N–H and O–H groups in total. The Kier molecular flexibility index (Phi) is 7.54. The highest BCUT2D eigenvalue weighted by Gasteiger charge is 2.27. The molecule has 0 aromatic rings. The van der Waals surface area contributed by atoms with Crippen molar-refractivity contribution in [1.29, 1.82) is 0 Å². The third-order valence-corrected chi connectivity index (χ3v) is 8.44. The Balaban J connectivity index is 1.29. The van der Waals surface area contributed by atoms with Crippen LogP contribution < -0.4 is 0 Å². The zero-order chi connectivity index (χ0) is 16.8. The van der Waals surface area contributed by atoms with Gasteiger partial charge in [0.2, 0.25) is 0 Å². The molecule has 0 amide bonds. The second kappa shape index (κ2) is 9.63. The van der Waals surface area contributed by atoms with Gasteiger partial charge in [-0.3, -0.25) is 0 Å². The fourth-order valence-corrected chi connectivity index (χ4v) is 6.35. The lowest BCUT2D eigenvalue weighted by molar-refractivity contribution is 0.181. The van der Waals surface area contributed by atoms with Gasteiger partial charge in [-0.15, -0.1) is 0 Å². The molecular formula is C24H44. The van der Waals surface area contributed by atoms with Crippen LogP contribution in [-0.4, -0.2) is 0 Å². The van der Waals surface area contributed by atoms with Crippen molar-refractivity contribution < 1.29 is 0 Å². The number of hydrogen-bond acceptors (Lipinski definition) is 0. The summed E-state index contributed by atoms with van der Waals surface area (Å²) >= 11 is 0. The minimum Gasteiger partial charge on any atom is -0.0622 e. The third kappa shape index (κ3) is 5.50. The first-order valence-corrected chi connectivity index (χ1v) is 11.7. The van der Waals surface area contributed by atoms with E-state index in [-0.39, 0.29) is 0 Å². The minimum atomic E-state index is 1.02. The van der Waals surface area contributed by atoms with E-state index in [0.717, 1.165) is 35.5 Å². The topological polar surface area (TPSA) is 0 Å². The quantitative estimate of drug-likeness (QED) is 0.462. The van der Waals surface area contributed by atoms with Gasteiger partial charge in [0.25, 0.3) is 0 Å². The first-order valence-electron chi connectivity index (χ1n) is 11.7. The minimum absolute atomic E-state index is 1.02. The molecule has 0 saturated heterocycles. The maximum atomic E-state index is 2.52. The van der Waals surface area contributed by atoms with Gasteiger partial charge < -0.3 is 0 Å². The lowest BCUT2D eigenvalue weighted by atomic mass is 9.72. The summed E-state index contributed by atoms with van der Waals surface area (Å²) < 4.78 is 0. The zero-order valence-corrected chi connectivity index (χ0v) is 16.8.